The topological polar surface area (TPSA) is 82.2 Å². The number of esters is 1. The molecule has 2 aliphatic rings. The molecule has 4 rings (SSSR count). The van der Waals surface area contributed by atoms with Gasteiger partial charge in [-0.15, -0.1) is 0 Å². The molecule has 1 unspecified atom stereocenters. The van der Waals surface area contributed by atoms with E-state index < -0.39 is 6.04 Å². The quantitative estimate of drug-likeness (QED) is 0.672. The van der Waals surface area contributed by atoms with Crippen LogP contribution in [-0.4, -0.2) is 80.0 Å². The molecule has 2 fully saturated rings. The van der Waals surface area contributed by atoms with Gasteiger partial charge < -0.3 is 19.9 Å². The van der Waals surface area contributed by atoms with Gasteiger partial charge in [0, 0.05) is 51.5 Å². The second-order valence-corrected chi connectivity index (χ2v) is 8.37. The van der Waals surface area contributed by atoms with Gasteiger partial charge in [-0.25, -0.2) is 4.79 Å². The second kappa shape index (κ2) is 10.5. The average molecular weight is 451 g/mol. The van der Waals surface area contributed by atoms with Crippen molar-refractivity contribution in [2.75, 3.05) is 51.3 Å². The molecule has 2 aliphatic heterocycles. The number of piperazine rings is 2. The third kappa shape index (κ3) is 5.51. The lowest BCUT2D eigenvalue weighted by Crippen LogP contribution is -2.57. The zero-order valence-electron chi connectivity index (χ0n) is 18.9. The fourth-order valence-electron chi connectivity index (χ4n) is 4.43. The second-order valence-electron chi connectivity index (χ2n) is 8.37. The van der Waals surface area contributed by atoms with Crippen LogP contribution in [0.25, 0.3) is 0 Å². The molecule has 0 spiro atoms. The Morgan fingerprint density at radius 3 is 2.33 bits per heavy atom. The molecule has 2 heterocycles. The van der Waals surface area contributed by atoms with Crippen LogP contribution < -0.4 is 10.2 Å². The number of ether oxygens (including phenoxy) is 1. The van der Waals surface area contributed by atoms with Crippen molar-refractivity contribution in [3.05, 3.63) is 65.7 Å². The van der Waals surface area contributed by atoms with Crippen molar-refractivity contribution in [2.24, 2.45) is 0 Å². The minimum Gasteiger partial charge on any atom is -0.465 e. The third-order valence-electron chi connectivity index (χ3n) is 6.32. The van der Waals surface area contributed by atoms with Crippen molar-refractivity contribution in [1.82, 2.24) is 15.1 Å². The third-order valence-corrected chi connectivity index (χ3v) is 6.32. The SMILES string of the molecule is COC(=O)c1ccc(N2CCN(C(=O)CC3C(=O)NCCN3Cc3ccccc3)CC2)cc1. The molecule has 2 aromatic rings. The zero-order chi connectivity index (χ0) is 23.2. The van der Waals surface area contributed by atoms with E-state index >= 15 is 0 Å². The van der Waals surface area contributed by atoms with Gasteiger partial charge in [0.2, 0.25) is 11.8 Å². The van der Waals surface area contributed by atoms with E-state index in [1.807, 2.05) is 47.4 Å². The van der Waals surface area contributed by atoms with Crippen LogP contribution in [0.3, 0.4) is 0 Å². The van der Waals surface area contributed by atoms with Crippen molar-refractivity contribution < 1.29 is 19.1 Å². The van der Waals surface area contributed by atoms with Gasteiger partial charge in [0.25, 0.3) is 0 Å². The van der Waals surface area contributed by atoms with Crippen LogP contribution in [0.5, 0.6) is 0 Å². The van der Waals surface area contributed by atoms with E-state index in [0.29, 0.717) is 44.8 Å². The highest BCUT2D eigenvalue weighted by molar-refractivity contribution is 5.90. The number of nitrogens with zero attached hydrogens (tertiary/aromatic N) is 3. The van der Waals surface area contributed by atoms with Gasteiger partial charge in [-0.3, -0.25) is 14.5 Å². The summed E-state index contributed by atoms with van der Waals surface area (Å²) in [5, 5.41) is 2.91. The summed E-state index contributed by atoms with van der Waals surface area (Å²) in [6, 6.07) is 16.9. The number of carbonyl (C=O) groups is 3. The number of methoxy groups -OCH3 is 1. The summed E-state index contributed by atoms with van der Waals surface area (Å²) < 4.78 is 4.74. The summed E-state index contributed by atoms with van der Waals surface area (Å²) in [7, 11) is 1.37. The molecule has 0 aliphatic carbocycles. The first kappa shape index (κ1) is 22.8. The first-order valence-electron chi connectivity index (χ1n) is 11.3. The highest BCUT2D eigenvalue weighted by atomic mass is 16.5. The molecule has 0 saturated carbocycles. The monoisotopic (exact) mass is 450 g/mol. The van der Waals surface area contributed by atoms with Gasteiger partial charge >= 0.3 is 5.97 Å². The van der Waals surface area contributed by atoms with Crippen molar-refractivity contribution in [3.8, 4) is 0 Å². The van der Waals surface area contributed by atoms with Crippen molar-refractivity contribution in [1.29, 1.82) is 0 Å². The van der Waals surface area contributed by atoms with Crippen LogP contribution in [0.15, 0.2) is 54.6 Å². The maximum absolute atomic E-state index is 13.1. The number of amides is 2. The minimum absolute atomic E-state index is 0.0100. The van der Waals surface area contributed by atoms with E-state index in [1.165, 1.54) is 7.11 Å². The van der Waals surface area contributed by atoms with Crippen LogP contribution >= 0.6 is 0 Å². The smallest absolute Gasteiger partial charge is 0.337 e. The molecule has 2 aromatic carbocycles. The molecule has 33 heavy (non-hydrogen) atoms. The summed E-state index contributed by atoms with van der Waals surface area (Å²) >= 11 is 0. The van der Waals surface area contributed by atoms with Crippen molar-refractivity contribution >= 4 is 23.5 Å². The summed E-state index contributed by atoms with van der Waals surface area (Å²) in [6.45, 7) is 4.59. The fraction of sp³-hybridized carbons (Fsp3) is 0.400. The number of benzene rings is 2. The van der Waals surface area contributed by atoms with Gasteiger partial charge in [0.15, 0.2) is 0 Å². The first-order chi connectivity index (χ1) is 16.0. The molecule has 0 aromatic heterocycles. The number of carbonyl (C=O) groups excluding carboxylic acids is 3. The Morgan fingerprint density at radius 2 is 1.67 bits per heavy atom. The van der Waals surface area contributed by atoms with Gasteiger partial charge in [0.1, 0.15) is 0 Å². The Hall–Kier alpha value is -3.39. The first-order valence-corrected chi connectivity index (χ1v) is 11.3. The Kier molecular flexibility index (Phi) is 7.24. The van der Waals surface area contributed by atoms with Gasteiger partial charge in [-0.2, -0.15) is 0 Å². The van der Waals surface area contributed by atoms with E-state index in [9.17, 15) is 14.4 Å². The standard InChI is InChI=1S/C25H30N4O4/c1-33-25(32)20-7-9-21(10-8-20)27-13-15-28(16-14-27)23(30)17-22-24(31)26-11-12-29(22)18-19-5-3-2-4-6-19/h2-10,22H,11-18H2,1H3,(H,26,31). The Bertz CT molecular complexity index is 972. The largest absolute Gasteiger partial charge is 0.465 e. The lowest BCUT2D eigenvalue weighted by atomic mass is 10.1. The molecule has 2 saturated heterocycles. The predicted octanol–water partition coefficient (Wildman–Crippen LogP) is 1.51. The fourth-order valence-corrected chi connectivity index (χ4v) is 4.43. The van der Waals surface area contributed by atoms with Crippen LogP contribution in [0.1, 0.15) is 22.3 Å². The highest BCUT2D eigenvalue weighted by Crippen LogP contribution is 2.20. The number of anilines is 1. The molecule has 1 atom stereocenters. The molecule has 1 N–H and O–H groups in total. The van der Waals surface area contributed by atoms with Crippen LogP contribution in [0.4, 0.5) is 5.69 Å². The Balaban J connectivity index is 1.33. The number of hydrogen-bond donors (Lipinski definition) is 1. The van der Waals surface area contributed by atoms with E-state index in [2.05, 4.69) is 15.1 Å². The Morgan fingerprint density at radius 1 is 0.970 bits per heavy atom. The maximum Gasteiger partial charge on any atom is 0.337 e. The Labute approximate surface area is 194 Å². The number of nitrogens with one attached hydrogen (secondary N) is 1. The van der Waals surface area contributed by atoms with Crippen LogP contribution in [0.2, 0.25) is 0 Å². The highest BCUT2D eigenvalue weighted by Gasteiger charge is 2.33. The van der Waals surface area contributed by atoms with Crippen LogP contribution in [0, 0.1) is 0 Å². The molecule has 2 amide bonds. The van der Waals surface area contributed by atoms with Gasteiger partial charge in [0.05, 0.1) is 25.1 Å². The van der Waals surface area contributed by atoms with Gasteiger partial charge in [-0.05, 0) is 29.8 Å². The van der Waals surface area contributed by atoms with Crippen LogP contribution in [-0.2, 0) is 20.9 Å². The lowest BCUT2D eigenvalue weighted by molar-refractivity contribution is -0.139. The maximum atomic E-state index is 13.1. The van der Waals surface area contributed by atoms with Gasteiger partial charge in [-0.1, -0.05) is 30.3 Å². The van der Waals surface area contributed by atoms with E-state index in [0.717, 1.165) is 17.8 Å². The summed E-state index contributed by atoms with van der Waals surface area (Å²) in [6.07, 6.45) is 0.187. The molecule has 8 heteroatoms. The molecule has 8 nitrogen and oxygen atoms in total. The average Bonchev–Trinajstić information content (AvgIpc) is 2.86. The summed E-state index contributed by atoms with van der Waals surface area (Å²) in [5.41, 5.74) is 2.66. The summed E-state index contributed by atoms with van der Waals surface area (Å²) in [5.74, 6) is -0.421. The van der Waals surface area contributed by atoms with Crippen molar-refractivity contribution in [2.45, 2.75) is 19.0 Å². The zero-order valence-corrected chi connectivity index (χ0v) is 18.9. The molecule has 0 bridgehead atoms. The molecule has 0 radical (unpaired) electrons. The molecular formula is C25H30N4O4. The van der Waals surface area contributed by atoms with Crippen molar-refractivity contribution in [3.63, 3.8) is 0 Å². The van der Waals surface area contributed by atoms with E-state index in [1.54, 1.807) is 12.1 Å². The predicted molar refractivity (Wildman–Crippen MR) is 125 cm³/mol. The number of rotatable bonds is 6. The molecular weight excluding hydrogens is 420 g/mol. The minimum atomic E-state index is -0.449. The van der Waals surface area contributed by atoms with E-state index in [4.69, 9.17) is 4.74 Å². The lowest BCUT2D eigenvalue weighted by Gasteiger charge is -2.39. The van der Waals surface area contributed by atoms with E-state index in [-0.39, 0.29) is 24.2 Å². The number of hydrogen-bond acceptors (Lipinski definition) is 6. The molecule has 174 valence electrons. The normalized spacial score (nSPS) is 19.2. The summed E-state index contributed by atoms with van der Waals surface area (Å²) in [4.78, 5) is 43.4.